The fourth-order valence-electron chi connectivity index (χ4n) is 2.53. The minimum Gasteiger partial charge on any atom is -0.464 e. The summed E-state index contributed by atoms with van der Waals surface area (Å²) in [6, 6.07) is 10.1. The number of hydrogen-bond acceptors (Lipinski definition) is 4. The van der Waals surface area contributed by atoms with E-state index in [1.165, 1.54) is 23.9 Å². The number of halogens is 1. The monoisotopic (exact) mass is 351 g/mol. The molecule has 1 aromatic carbocycles. The lowest BCUT2D eigenvalue weighted by Gasteiger charge is -2.34. The predicted molar refractivity (Wildman–Crippen MR) is 92.3 cm³/mol. The van der Waals surface area contributed by atoms with Gasteiger partial charge in [0.2, 0.25) is 5.91 Å². The molecule has 1 aromatic heterocycles. The van der Waals surface area contributed by atoms with Gasteiger partial charge in [0.25, 0.3) is 0 Å². The van der Waals surface area contributed by atoms with Crippen molar-refractivity contribution in [3.8, 4) is 0 Å². The highest BCUT2D eigenvalue weighted by molar-refractivity contribution is 8.00. The van der Waals surface area contributed by atoms with Crippen molar-refractivity contribution in [2.75, 3.05) is 23.8 Å². The molecule has 1 aliphatic heterocycles. The summed E-state index contributed by atoms with van der Waals surface area (Å²) in [7, 11) is 0. The summed E-state index contributed by atoms with van der Waals surface area (Å²) in [5, 5.41) is 0. The number of nitrogens with zero attached hydrogens (tertiary/aromatic N) is 1. The number of carbonyl (C=O) groups excluding carboxylic acids is 1. The maximum atomic E-state index is 12.9. The average molecular weight is 351 g/mol. The van der Waals surface area contributed by atoms with Gasteiger partial charge in [-0.25, -0.2) is 4.39 Å². The number of thioether (sulfide) groups is 2. The average Bonchev–Trinajstić information content (AvgIpc) is 3.00. The molecule has 3 nitrogen and oxygen atoms in total. The normalized spacial score (nSPS) is 18.2. The molecule has 0 N–H and O–H groups in total. The van der Waals surface area contributed by atoms with Crippen LogP contribution >= 0.6 is 23.5 Å². The third-order valence-electron chi connectivity index (χ3n) is 3.71. The zero-order valence-corrected chi connectivity index (χ0v) is 14.5. The summed E-state index contributed by atoms with van der Waals surface area (Å²) in [6.07, 6.45) is 0. The number of hydrogen-bond donors (Lipinski definition) is 0. The molecule has 0 unspecified atom stereocenters. The number of furan rings is 1. The van der Waals surface area contributed by atoms with Crippen molar-refractivity contribution in [1.82, 2.24) is 4.90 Å². The second kappa shape index (κ2) is 7.45. The molecule has 0 spiro atoms. The number of rotatable bonds is 4. The molecule has 6 heteroatoms. The molecule has 1 amide bonds. The van der Waals surface area contributed by atoms with E-state index in [9.17, 15) is 9.18 Å². The Kier molecular flexibility index (Phi) is 5.33. The van der Waals surface area contributed by atoms with E-state index in [4.69, 9.17) is 4.42 Å². The minimum absolute atomic E-state index is 0.00349. The third kappa shape index (κ3) is 4.12. The third-order valence-corrected chi connectivity index (χ3v) is 5.73. The molecular weight excluding hydrogens is 333 g/mol. The Balaban J connectivity index is 1.65. The van der Waals surface area contributed by atoms with Crippen LogP contribution < -0.4 is 0 Å². The van der Waals surface area contributed by atoms with Crippen molar-refractivity contribution >= 4 is 29.4 Å². The van der Waals surface area contributed by atoms with Gasteiger partial charge < -0.3 is 9.32 Å². The van der Waals surface area contributed by atoms with Gasteiger partial charge in [-0.15, -0.1) is 11.8 Å². The first-order chi connectivity index (χ1) is 11.1. The Hall–Kier alpha value is -1.40. The van der Waals surface area contributed by atoms with Crippen molar-refractivity contribution in [3.63, 3.8) is 0 Å². The molecule has 3 rings (SSSR count). The lowest BCUT2D eigenvalue weighted by Crippen LogP contribution is -2.41. The largest absolute Gasteiger partial charge is 0.464 e. The Labute approximate surface area is 143 Å². The topological polar surface area (TPSA) is 33.5 Å². The van der Waals surface area contributed by atoms with Crippen LogP contribution in [0.4, 0.5) is 4.39 Å². The zero-order valence-electron chi connectivity index (χ0n) is 12.8. The minimum atomic E-state index is -0.262. The summed E-state index contributed by atoms with van der Waals surface area (Å²) in [5.74, 6) is 3.72. The molecule has 23 heavy (non-hydrogen) atoms. The van der Waals surface area contributed by atoms with Gasteiger partial charge in [-0.3, -0.25) is 4.79 Å². The zero-order chi connectivity index (χ0) is 16.2. The van der Waals surface area contributed by atoms with Crippen LogP contribution in [0.5, 0.6) is 0 Å². The highest BCUT2D eigenvalue weighted by Gasteiger charge is 2.30. The van der Waals surface area contributed by atoms with Crippen LogP contribution in [0.2, 0.25) is 0 Å². The maximum Gasteiger partial charge on any atom is 0.233 e. The SMILES string of the molecule is Cc1ccc([C@H]2CSCCN2C(=O)CSc2ccc(F)cc2)o1. The summed E-state index contributed by atoms with van der Waals surface area (Å²) in [6.45, 7) is 2.65. The maximum absolute atomic E-state index is 12.9. The molecule has 0 bridgehead atoms. The van der Waals surface area contributed by atoms with Crippen LogP contribution in [0.3, 0.4) is 0 Å². The molecule has 1 aliphatic rings. The number of carbonyl (C=O) groups is 1. The fraction of sp³-hybridized carbons (Fsp3) is 0.353. The van der Waals surface area contributed by atoms with Crippen LogP contribution in [0, 0.1) is 12.7 Å². The van der Waals surface area contributed by atoms with E-state index in [2.05, 4.69) is 0 Å². The highest BCUT2D eigenvalue weighted by atomic mass is 32.2. The highest BCUT2D eigenvalue weighted by Crippen LogP contribution is 2.31. The van der Waals surface area contributed by atoms with Gasteiger partial charge in [0.05, 0.1) is 11.8 Å². The van der Waals surface area contributed by atoms with E-state index in [0.717, 1.165) is 34.5 Å². The molecule has 0 saturated carbocycles. The van der Waals surface area contributed by atoms with Crippen LogP contribution in [-0.2, 0) is 4.79 Å². The van der Waals surface area contributed by atoms with Crippen LogP contribution in [-0.4, -0.2) is 34.6 Å². The lowest BCUT2D eigenvalue weighted by molar-refractivity contribution is -0.130. The van der Waals surface area contributed by atoms with E-state index < -0.39 is 0 Å². The van der Waals surface area contributed by atoms with E-state index in [1.54, 1.807) is 12.1 Å². The van der Waals surface area contributed by atoms with Gasteiger partial charge in [0.15, 0.2) is 0 Å². The molecule has 0 aliphatic carbocycles. The second-order valence-electron chi connectivity index (χ2n) is 5.37. The molecule has 1 atom stereocenters. The predicted octanol–water partition coefficient (Wildman–Crippen LogP) is 4.14. The summed E-state index contributed by atoms with van der Waals surface area (Å²) < 4.78 is 18.6. The molecule has 0 radical (unpaired) electrons. The first-order valence-electron chi connectivity index (χ1n) is 7.45. The number of amides is 1. The first kappa shape index (κ1) is 16.5. The molecule has 1 fully saturated rings. The van der Waals surface area contributed by atoms with Crippen molar-refractivity contribution in [1.29, 1.82) is 0 Å². The van der Waals surface area contributed by atoms with Crippen LogP contribution in [0.25, 0.3) is 0 Å². The summed E-state index contributed by atoms with van der Waals surface area (Å²) in [4.78, 5) is 15.4. The van der Waals surface area contributed by atoms with Gasteiger partial charge in [-0.05, 0) is 43.3 Å². The van der Waals surface area contributed by atoms with Crippen molar-refractivity contribution < 1.29 is 13.6 Å². The van der Waals surface area contributed by atoms with Gasteiger partial charge in [0, 0.05) is 22.9 Å². The van der Waals surface area contributed by atoms with Crippen molar-refractivity contribution in [3.05, 3.63) is 53.7 Å². The Morgan fingerprint density at radius 2 is 2.13 bits per heavy atom. The Morgan fingerprint density at radius 3 is 2.83 bits per heavy atom. The summed E-state index contributed by atoms with van der Waals surface area (Å²) >= 11 is 3.28. The second-order valence-corrected chi connectivity index (χ2v) is 7.57. The van der Waals surface area contributed by atoms with Crippen molar-refractivity contribution in [2.45, 2.75) is 17.9 Å². The standard InChI is InChI=1S/C17H18FNO2S2/c1-12-2-7-16(21-12)15-10-22-9-8-19(15)17(20)11-23-14-5-3-13(18)4-6-14/h2-7,15H,8-11H2,1H3/t15-/m1/s1. The molecule has 122 valence electrons. The van der Waals surface area contributed by atoms with Gasteiger partial charge in [0.1, 0.15) is 17.3 Å². The molecule has 1 saturated heterocycles. The van der Waals surface area contributed by atoms with E-state index in [-0.39, 0.29) is 17.8 Å². The van der Waals surface area contributed by atoms with Crippen LogP contribution in [0.15, 0.2) is 45.7 Å². The van der Waals surface area contributed by atoms with Crippen LogP contribution in [0.1, 0.15) is 17.6 Å². The number of benzene rings is 1. The van der Waals surface area contributed by atoms with E-state index >= 15 is 0 Å². The lowest BCUT2D eigenvalue weighted by atomic mass is 10.2. The summed E-state index contributed by atoms with van der Waals surface area (Å²) in [5.41, 5.74) is 0. The first-order valence-corrected chi connectivity index (χ1v) is 9.59. The van der Waals surface area contributed by atoms with E-state index in [1.807, 2.05) is 35.7 Å². The van der Waals surface area contributed by atoms with Crippen molar-refractivity contribution in [2.24, 2.45) is 0 Å². The van der Waals surface area contributed by atoms with E-state index in [0.29, 0.717) is 5.75 Å². The van der Waals surface area contributed by atoms with Gasteiger partial charge in [-0.2, -0.15) is 11.8 Å². The smallest absolute Gasteiger partial charge is 0.233 e. The molecule has 2 aromatic rings. The quantitative estimate of drug-likeness (QED) is 0.776. The fourth-order valence-corrected chi connectivity index (χ4v) is 4.37. The van der Waals surface area contributed by atoms with Gasteiger partial charge in [-0.1, -0.05) is 0 Å². The Bertz CT molecular complexity index is 671. The van der Waals surface area contributed by atoms with Gasteiger partial charge >= 0.3 is 0 Å². The molecular formula is C17H18FNO2S2. The Morgan fingerprint density at radius 1 is 1.35 bits per heavy atom. The number of aryl methyl sites for hydroxylation is 1. The molecule has 2 heterocycles.